The number of aliphatic hydroxyl groups is 1. The van der Waals surface area contributed by atoms with Crippen LogP contribution in [-0.2, 0) is 22.5 Å². The van der Waals surface area contributed by atoms with E-state index >= 15 is 0 Å². The fraction of sp³-hybridized carbons (Fsp3) is 0.333. The lowest BCUT2D eigenvalue weighted by atomic mass is 9.91. The van der Waals surface area contributed by atoms with Crippen LogP contribution in [0.1, 0.15) is 23.1 Å². The standard InChI is InChI=1S/C30H34BrN3O7/c1-37-25-15-21(16-26(38-2)27(25)39-3)18-32-34-29(36)30(17-20-5-9-23(31)10-6-20)19-41-28(33-30)22-7-11-24(12-8-22)40-14-4-13-35/h5-12,15-16,32,35H,4,13-14,17-19H2,1-3H3,(H,34,36)/t30-/m0/s1. The first kappa shape index (κ1) is 30.2. The fourth-order valence-corrected chi connectivity index (χ4v) is 4.61. The summed E-state index contributed by atoms with van der Waals surface area (Å²) < 4.78 is 28.8. The van der Waals surface area contributed by atoms with Gasteiger partial charge in [0, 0.05) is 36.0 Å². The van der Waals surface area contributed by atoms with Crippen LogP contribution < -0.4 is 29.8 Å². The molecule has 10 nitrogen and oxygen atoms in total. The third kappa shape index (κ3) is 7.49. The first-order chi connectivity index (χ1) is 19.9. The predicted octanol–water partition coefficient (Wildman–Crippen LogP) is 3.82. The highest BCUT2D eigenvalue weighted by Gasteiger charge is 2.44. The first-order valence-corrected chi connectivity index (χ1v) is 13.8. The molecule has 0 spiro atoms. The Hall–Kier alpha value is -3.80. The Kier molecular flexibility index (Phi) is 10.4. The molecule has 0 radical (unpaired) electrons. The number of aliphatic hydroxyl groups excluding tert-OH is 1. The molecule has 0 unspecified atom stereocenters. The maximum atomic E-state index is 13.7. The number of hydrazine groups is 1. The van der Waals surface area contributed by atoms with Crippen LogP contribution in [0.4, 0.5) is 0 Å². The van der Waals surface area contributed by atoms with E-state index in [9.17, 15) is 4.79 Å². The number of methoxy groups -OCH3 is 3. The molecule has 0 aromatic heterocycles. The topological polar surface area (TPSA) is 120 Å². The second-order valence-electron chi connectivity index (χ2n) is 9.33. The molecule has 3 N–H and O–H groups in total. The summed E-state index contributed by atoms with van der Waals surface area (Å²) in [5.41, 5.74) is 7.12. The number of halogens is 1. The van der Waals surface area contributed by atoms with Crippen LogP contribution in [-0.4, -0.2) is 63.6 Å². The molecule has 4 rings (SSSR count). The minimum Gasteiger partial charge on any atom is -0.494 e. The van der Waals surface area contributed by atoms with Gasteiger partial charge in [-0.3, -0.25) is 10.2 Å². The Bertz CT molecular complexity index is 1320. The van der Waals surface area contributed by atoms with Crippen molar-refractivity contribution in [2.24, 2.45) is 4.99 Å². The molecule has 1 aliphatic heterocycles. The maximum absolute atomic E-state index is 13.7. The van der Waals surface area contributed by atoms with E-state index in [1.165, 1.54) is 0 Å². The molecule has 0 bridgehead atoms. The van der Waals surface area contributed by atoms with Gasteiger partial charge in [0.2, 0.25) is 11.6 Å². The van der Waals surface area contributed by atoms with Crippen LogP contribution >= 0.6 is 15.9 Å². The minimum atomic E-state index is -1.19. The molecular formula is C30H34BrN3O7. The Balaban J connectivity index is 1.52. The third-order valence-corrected chi connectivity index (χ3v) is 7.02. The molecular weight excluding hydrogens is 594 g/mol. The number of carbonyl (C=O) groups excluding carboxylic acids is 1. The van der Waals surface area contributed by atoms with Gasteiger partial charge < -0.3 is 28.8 Å². The lowest BCUT2D eigenvalue weighted by Gasteiger charge is -2.23. The number of ether oxygens (including phenoxy) is 5. The molecule has 218 valence electrons. The lowest BCUT2D eigenvalue weighted by molar-refractivity contribution is -0.127. The van der Waals surface area contributed by atoms with Gasteiger partial charge in [-0.15, -0.1) is 0 Å². The SMILES string of the molecule is COc1cc(CNNC(=O)[C@]2(Cc3ccc(Br)cc3)COC(c3ccc(OCCCO)cc3)=N2)cc(OC)c1OC. The number of nitrogens with zero attached hydrogens (tertiary/aromatic N) is 1. The van der Waals surface area contributed by atoms with E-state index in [2.05, 4.69) is 26.8 Å². The summed E-state index contributed by atoms with van der Waals surface area (Å²) in [6.45, 7) is 0.867. The number of aliphatic imine (C=N–C) groups is 1. The van der Waals surface area contributed by atoms with Crippen molar-refractivity contribution in [3.05, 3.63) is 81.8 Å². The van der Waals surface area contributed by atoms with E-state index in [1.54, 1.807) is 21.3 Å². The summed E-state index contributed by atoms with van der Waals surface area (Å²) in [7, 11) is 4.65. The zero-order valence-corrected chi connectivity index (χ0v) is 24.8. The van der Waals surface area contributed by atoms with Crippen LogP contribution in [0.3, 0.4) is 0 Å². The van der Waals surface area contributed by atoms with Crippen molar-refractivity contribution in [2.75, 3.05) is 41.2 Å². The lowest BCUT2D eigenvalue weighted by Crippen LogP contribution is -2.52. The number of amides is 1. The molecule has 0 saturated heterocycles. The van der Waals surface area contributed by atoms with Gasteiger partial charge in [-0.1, -0.05) is 28.1 Å². The van der Waals surface area contributed by atoms with E-state index in [-0.39, 0.29) is 19.1 Å². The quantitative estimate of drug-likeness (QED) is 0.182. The molecule has 11 heteroatoms. The molecule has 3 aromatic rings. The van der Waals surface area contributed by atoms with E-state index in [1.807, 2.05) is 60.7 Å². The summed E-state index contributed by atoms with van der Waals surface area (Å²) in [5, 5.41) is 8.95. The van der Waals surface area contributed by atoms with Crippen LogP contribution in [0, 0.1) is 0 Å². The Morgan fingerprint density at radius 2 is 1.68 bits per heavy atom. The van der Waals surface area contributed by atoms with Gasteiger partial charge in [-0.2, -0.15) is 0 Å². The maximum Gasteiger partial charge on any atom is 0.266 e. The van der Waals surface area contributed by atoms with Gasteiger partial charge in [-0.05, 0) is 59.7 Å². The normalized spacial score (nSPS) is 16.0. The summed E-state index contributed by atoms with van der Waals surface area (Å²) in [5.74, 6) is 2.26. The Morgan fingerprint density at radius 3 is 2.29 bits per heavy atom. The fourth-order valence-electron chi connectivity index (χ4n) is 4.35. The number of benzene rings is 3. The smallest absolute Gasteiger partial charge is 0.266 e. The van der Waals surface area contributed by atoms with Crippen molar-refractivity contribution >= 4 is 27.7 Å². The predicted molar refractivity (Wildman–Crippen MR) is 158 cm³/mol. The highest BCUT2D eigenvalue weighted by Crippen LogP contribution is 2.38. The molecule has 0 aliphatic carbocycles. The second-order valence-corrected chi connectivity index (χ2v) is 10.2. The van der Waals surface area contributed by atoms with Crippen molar-refractivity contribution in [3.8, 4) is 23.0 Å². The summed E-state index contributed by atoms with van der Waals surface area (Å²) in [4.78, 5) is 18.5. The Morgan fingerprint density at radius 1 is 1.00 bits per heavy atom. The molecule has 41 heavy (non-hydrogen) atoms. The van der Waals surface area contributed by atoms with E-state index in [0.717, 1.165) is 21.2 Å². The molecule has 0 saturated carbocycles. The summed E-state index contributed by atoms with van der Waals surface area (Å²) >= 11 is 3.46. The van der Waals surface area contributed by atoms with Crippen molar-refractivity contribution in [2.45, 2.75) is 24.9 Å². The minimum absolute atomic E-state index is 0.0720. The van der Waals surface area contributed by atoms with Crippen molar-refractivity contribution < 1.29 is 33.6 Å². The largest absolute Gasteiger partial charge is 0.494 e. The number of nitrogens with one attached hydrogen (secondary N) is 2. The third-order valence-electron chi connectivity index (χ3n) is 6.49. The monoisotopic (exact) mass is 627 g/mol. The van der Waals surface area contributed by atoms with Gasteiger partial charge in [0.15, 0.2) is 17.0 Å². The number of rotatable bonds is 14. The second kappa shape index (κ2) is 14.2. The summed E-state index contributed by atoms with van der Waals surface area (Å²) in [6, 6.07) is 18.7. The molecule has 3 aromatic carbocycles. The van der Waals surface area contributed by atoms with E-state index in [0.29, 0.717) is 54.9 Å². The number of carbonyl (C=O) groups is 1. The van der Waals surface area contributed by atoms with Gasteiger partial charge in [0.05, 0.1) is 27.9 Å². The molecule has 1 amide bonds. The highest BCUT2D eigenvalue weighted by molar-refractivity contribution is 9.10. The average Bonchev–Trinajstić information content (AvgIpc) is 3.43. The van der Waals surface area contributed by atoms with Crippen LogP contribution in [0.15, 0.2) is 70.1 Å². The Labute approximate surface area is 247 Å². The van der Waals surface area contributed by atoms with Crippen LogP contribution in [0.2, 0.25) is 0 Å². The highest BCUT2D eigenvalue weighted by atomic mass is 79.9. The van der Waals surface area contributed by atoms with Crippen molar-refractivity contribution in [1.29, 1.82) is 0 Å². The molecule has 1 atom stereocenters. The molecule has 0 fully saturated rings. The van der Waals surface area contributed by atoms with Gasteiger partial charge in [0.1, 0.15) is 12.4 Å². The first-order valence-electron chi connectivity index (χ1n) is 13.0. The average molecular weight is 629 g/mol. The van der Waals surface area contributed by atoms with Crippen LogP contribution in [0.5, 0.6) is 23.0 Å². The number of hydrogen-bond donors (Lipinski definition) is 3. The van der Waals surface area contributed by atoms with Crippen molar-refractivity contribution in [1.82, 2.24) is 10.9 Å². The number of hydrogen-bond acceptors (Lipinski definition) is 9. The van der Waals surface area contributed by atoms with Gasteiger partial charge in [0.25, 0.3) is 5.91 Å². The molecule has 1 aliphatic rings. The summed E-state index contributed by atoms with van der Waals surface area (Å²) in [6.07, 6.45) is 0.892. The van der Waals surface area contributed by atoms with E-state index < -0.39 is 5.54 Å². The van der Waals surface area contributed by atoms with Gasteiger partial charge >= 0.3 is 0 Å². The zero-order chi connectivity index (χ0) is 29.2. The van der Waals surface area contributed by atoms with E-state index in [4.69, 9.17) is 33.8 Å². The van der Waals surface area contributed by atoms with Gasteiger partial charge in [-0.25, -0.2) is 10.4 Å². The zero-order valence-electron chi connectivity index (χ0n) is 23.2. The van der Waals surface area contributed by atoms with Crippen LogP contribution in [0.25, 0.3) is 0 Å². The van der Waals surface area contributed by atoms with Crippen molar-refractivity contribution in [3.63, 3.8) is 0 Å². The molecule has 1 heterocycles.